The van der Waals surface area contributed by atoms with Crippen molar-refractivity contribution in [1.82, 2.24) is 5.32 Å². The molecule has 1 N–H and O–H groups in total. The summed E-state index contributed by atoms with van der Waals surface area (Å²) in [6, 6.07) is 20.2. The van der Waals surface area contributed by atoms with E-state index >= 15 is 0 Å². The zero-order valence-electron chi connectivity index (χ0n) is 19.3. The van der Waals surface area contributed by atoms with Gasteiger partial charge in [0.05, 0.1) is 10.6 Å². The average Bonchev–Trinajstić information content (AvgIpc) is 2.80. The van der Waals surface area contributed by atoms with Crippen molar-refractivity contribution < 1.29 is 17.6 Å². The van der Waals surface area contributed by atoms with Gasteiger partial charge in [-0.3, -0.25) is 9.10 Å². The Kier molecular flexibility index (Phi) is 9.12. The van der Waals surface area contributed by atoms with Gasteiger partial charge in [-0.1, -0.05) is 59.7 Å². The second-order valence-electron chi connectivity index (χ2n) is 8.02. The maximum Gasteiger partial charge on any atom is 0.264 e. The first-order valence-corrected chi connectivity index (χ1v) is 13.6. The summed E-state index contributed by atoms with van der Waals surface area (Å²) >= 11 is 1.77. The first-order valence-electron chi connectivity index (χ1n) is 11.0. The van der Waals surface area contributed by atoms with Crippen molar-refractivity contribution in [2.24, 2.45) is 0 Å². The van der Waals surface area contributed by atoms with Gasteiger partial charge in [0.1, 0.15) is 12.4 Å². The molecule has 0 heterocycles. The number of nitrogens with zero attached hydrogens (tertiary/aromatic N) is 1. The first-order chi connectivity index (χ1) is 16.3. The summed E-state index contributed by atoms with van der Waals surface area (Å²) < 4.78 is 41.9. The van der Waals surface area contributed by atoms with E-state index in [0.29, 0.717) is 6.54 Å². The Labute approximate surface area is 205 Å². The quantitative estimate of drug-likeness (QED) is 0.373. The van der Waals surface area contributed by atoms with Crippen LogP contribution >= 0.6 is 11.8 Å². The van der Waals surface area contributed by atoms with Gasteiger partial charge in [0.2, 0.25) is 5.91 Å². The smallest absolute Gasteiger partial charge is 0.264 e. The topological polar surface area (TPSA) is 66.5 Å². The highest BCUT2D eigenvalue weighted by Gasteiger charge is 2.29. The fourth-order valence-electron chi connectivity index (χ4n) is 3.37. The van der Waals surface area contributed by atoms with Gasteiger partial charge in [0.25, 0.3) is 10.0 Å². The zero-order valence-corrected chi connectivity index (χ0v) is 21.0. The molecule has 0 saturated carbocycles. The van der Waals surface area contributed by atoms with Crippen LogP contribution in [0.2, 0.25) is 0 Å². The third-order valence-electron chi connectivity index (χ3n) is 5.16. The molecule has 0 spiro atoms. The van der Waals surface area contributed by atoms with Crippen LogP contribution in [0, 0.1) is 19.7 Å². The molecule has 0 aliphatic carbocycles. The molecule has 8 heteroatoms. The Morgan fingerprint density at radius 2 is 1.71 bits per heavy atom. The third kappa shape index (κ3) is 7.08. The lowest BCUT2D eigenvalue weighted by atomic mass is 10.2. The maximum atomic E-state index is 14.5. The highest BCUT2D eigenvalue weighted by Crippen LogP contribution is 2.26. The van der Waals surface area contributed by atoms with E-state index in [2.05, 4.69) is 30.4 Å². The van der Waals surface area contributed by atoms with Gasteiger partial charge >= 0.3 is 0 Å². The lowest BCUT2D eigenvalue weighted by Crippen LogP contribution is -2.41. The highest BCUT2D eigenvalue weighted by atomic mass is 32.2. The minimum atomic E-state index is -4.13. The molecule has 0 unspecified atom stereocenters. The number of rotatable bonds is 11. The number of benzene rings is 3. The second-order valence-corrected chi connectivity index (χ2v) is 11.0. The zero-order chi connectivity index (χ0) is 24.6. The summed E-state index contributed by atoms with van der Waals surface area (Å²) in [6.45, 7) is 3.81. The van der Waals surface area contributed by atoms with E-state index in [1.807, 2.05) is 13.0 Å². The van der Waals surface area contributed by atoms with Crippen molar-refractivity contribution in [3.8, 4) is 0 Å². The van der Waals surface area contributed by atoms with E-state index in [0.717, 1.165) is 27.8 Å². The second kappa shape index (κ2) is 12.0. The Balaban J connectivity index is 1.59. The van der Waals surface area contributed by atoms with Crippen LogP contribution in [0.15, 0.2) is 77.7 Å². The summed E-state index contributed by atoms with van der Waals surface area (Å²) in [7, 11) is -4.13. The van der Waals surface area contributed by atoms with Gasteiger partial charge in [-0.25, -0.2) is 12.8 Å². The van der Waals surface area contributed by atoms with Crippen LogP contribution in [-0.4, -0.2) is 33.2 Å². The molecule has 1 amide bonds. The number of para-hydroxylation sites is 1. The first kappa shape index (κ1) is 25.8. The van der Waals surface area contributed by atoms with E-state index in [9.17, 15) is 17.6 Å². The summed E-state index contributed by atoms with van der Waals surface area (Å²) in [6.07, 6.45) is 0.743. The van der Waals surface area contributed by atoms with Crippen LogP contribution in [0.25, 0.3) is 0 Å². The van der Waals surface area contributed by atoms with Gasteiger partial charge < -0.3 is 5.32 Å². The molecule has 0 bridgehead atoms. The average molecular weight is 501 g/mol. The summed E-state index contributed by atoms with van der Waals surface area (Å²) in [4.78, 5) is 12.6. The van der Waals surface area contributed by atoms with E-state index in [4.69, 9.17) is 0 Å². The Morgan fingerprint density at radius 3 is 2.41 bits per heavy atom. The SMILES string of the molecule is Cc1ccc(S(=O)(=O)N(CC(=O)NCCCSCc2cccc(C)c2)c2ccccc2F)cc1. The number of thioether (sulfide) groups is 1. The van der Waals surface area contributed by atoms with Gasteiger partial charge in [-0.15, -0.1) is 0 Å². The Hall–Kier alpha value is -2.84. The van der Waals surface area contributed by atoms with E-state index < -0.39 is 28.3 Å². The van der Waals surface area contributed by atoms with E-state index in [1.54, 1.807) is 30.0 Å². The standard InChI is InChI=1S/C26H29FN2O3S2/c1-20-11-13-23(14-12-20)34(31,32)29(25-10-4-3-9-24(25)27)18-26(30)28-15-6-16-33-19-22-8-5-7-21(2)17-22/h3-5,7-14,17H,6,15-16,18-19H2,1-2H3,(H,28,30). The van der Waals surface area contributed by atoms with E-state index in [-0.39, 0.29) is 10.6 Å². The van der Waals surface area contributed by atoms with Crippen molar-refractivity contribution in [2.75, 3.05) is 23.1 Å². The molecule has 0 aliphatic heterocycles. The van der Waals surface area contributed by atoms with Gasteiger partial charge in [0.15, 0.2) is 0 Å². The van der Waals surface area contributed by atoms with Crippen molar-refractivity contribution in [3.63, 3.8) is 0 Å². The predicted octanol–water partition coefficient (Wildman–Crippen LogP) is 5.08. The molecule has 3 aromatic carbocycles. The minimum Gasteiger partial charge on any atom is -0.354 e. The Bertz CT molecular complexity index is 1210. The van der Waals surface area contributed by atoms with Crippen LogP contribution < -0.4 is 9.62 Å². The van der Waals surface area contributed by atoms with Crippen LogP contribution in [0.1, 0.15) is 23.1 Å². The van der Waals surface area contributed by atoms with Gasteiger partial charge in [-0.05, 0) is 55.9 Å². The number of hydrogen-bond acceptors (Lipinski definition) is 4. The van der Waals surface area contributed by atoms with Crippen molar-refractivity contribution in [1.29, 1.82) is 0 Å². The predicted molar refractivity (Wildman–Crippen MR) is 137 cm³/mol. The number of anilines is 1. The van der Waals surface area contributed by atoms with Crippen LogP contribution in [0.3, 0.4) is 0 Å². The van der Waals surface area contributed by atoms with Crippen LogP contribution in [-0.2, 0) is 20.6 Å². The van der Waals surface area contributed by atoms with Crippen molar-refractivity contribution in [2.45, 2.75) is 30.9 Å². The van der Waals surface area contributed by atoms with Gasteiger partial charge in [0, 0.05) is 12.3 Å². The van der Waals surface area contributed by atoms with E-state index in [1.165, 1.54) is 41.5 Å². The molecule has 0 saturated heterocycles. The van der Waals surface area contributed by atoms with Crippen LogP contribution in [0.4, 0.5) is 10.1 Å². The molecular formula is C26H29FN2O3S2. The Morgan fingerprint density at radius 1 is 0.971 bits per heavy atom. The van der Waals surface area contributed by atoms with Crippen molar-refractivity contribution in [3.05, 3.63) is 95.3 Å². The summed E-state index contributed by atoms with van der Waals surface area (Å²) in [5, 5.41) is 2.76. The number of halogens is 1. The summed E-state index contributed by atoms with van der Waals surface area (Å²) in [5.74, 6) is 0.555. The van der Waals surface area contributed by atoms with Gasteiger partial charge in [-0.2, -0.15) is 11.8 Å². The maximum absolute atomic E-state index is 14.5. The molecule has 0 fully saturated rings. The highest BCUT2D eigenvalue weighted by molar-refractivity contribution is 7.98. The summed E-state index contributed by atoms with van der Waals surface area (Å²) in [5.41, 5.74) is 3.22. The third-order valence-corrected chi connectivity index (χ3v) is 8.04. The minimum absolute atomic E-state index is 0.00158. The number of amides is 1. The molecule has 180 valence electrons. The molecule has 3 aromatic rings. The monoisotopic (exact) mass is 500 g/mol. The normalized spacial score (nSPS) is 11.3. The number of hydrogen-bond donors (Lipinski definition) is 1. The number of sulfonamides is 1. The fraction of sp³-hybridized carbons (Fsp3) is 0.269. The molecular weight excluding hydrogens is 471 g/mol. The number of carbonyl (C=O) groups is 1. The number of aryl methyl sites for hydroxylation is 2. The molecule has 0 aromatic heterocycles. The van der Waals surface area contributed by atoms with Crippen LogP contribution in [0.5, 0.6) is 0 Å². The van der Waals surface area contributed by atoms with Crippen molar-refractivity contribution >= 4 is 33.4 Å². The number of nitrogens with one attached hydrogen (secondary N) is 1. The lowest BCUT2D eigenvalue weighted by Gasteiger charge is -2.24. The molecule has 0 radical (unpaired) electrons. The molecule has 5 nitrogen and oxygen atoms in total. The molecule has 34 heavy (non-hydrogen) atoms. The molecule has 3 rings (SSSR count). The largest absolute Gasteiger partial charge is 0.354 e. The fourth-order valence-corrected chi connectivity index (χ4v) is 5.71. The number of carbonyl (C=O) groups excluding carboxylic acids is 1. The lowest BCUT2D eigenvalue weighted by molar-refractivity contribution is -0.119. The molecule has 0 aliphatic rings. The molecule has 0 atom stereocenters.